The molecule has 0 bridgehead atoms. The van der Waals surface area contributed by atoms with E-state index in [0.717, 1.165) is 20.1 Å². The number of aromatic nitrogens is 2. The van der Waals surface area contributed by atoms with Crippen LogP contribution in [0.3, 0.4) is 0 Å². The number of nitrogens with one attached hydrogen (secondary N) is 1. The third kappa shape index (κ3) is 2.66. The molecule has 1 aromatic heterocycles. The monoisotopic (exact) mass is 297 g/mol. The van der Waals surface area contributed by atoms with Gasteiger partial charge in [0.1, 0.15) is 0 Å². The molecule has 0 unspecified atom stereocenters. The summed E-state index contributed by atoms with van der Waals surface area (Å²) in [6.45, 7) is 1.97. The van der Waals surface area contributed by atoms with Gasteiger partial charge in [0.2, 0.25) is 0 Å². The van der Waals surface area contributed by atoms with Crippen LogP contribution in [0.2, 0.25) is 0 Å². The zero-order chi connectivity index (χ0) is 11.5. The fourth-order valence-corrected chi connectivity index (χ4v) is 2.67. The van der Waals surface area contributed by atoms with Crippen LogP contribution in [0.4, 0.5) is 0 Å². The molecular formula is C11H12BrN3S. The molecule has 0 saturated heterocycles. The second-order valence-electron chi connectivity index (χ2n) is 3.47. The Kier molecular flexibility index (Phi) is 3.68. The van der Waals surface area contributed by atoms with E-state index >= 15 is 0 Å². The number of imidazole rings is 1. The summed E-state index contributed by atoms with van der Waals surface area (Å²) in [7, 11) is 0. The average Bonchev–Trinajstić information content (AvgIpc) is 2.73. The maximum absolute atomic E-state index is 5.82. The van der Waals surface area contributed by atoms with Crippen molar-refractivity contribution in [2.24, 2.45) is 5.73 Å². The van der Waals surface area contributed by atoms with Crippen molar-refractivity contribution in [1.29, 1.82) is 0 Å². The van der Waals surface area contributed by atoms with Gasteiger partial charge in [-0.25, -0.2) is 4.98 Å². The lowest BCUT2D eigenvalue weighted by molar-refractivity contribution is 0.815. The van der Waals surface area contributed by atoms with Crippen LogP contribution >= 0.6 is 27.7 Å². The Labute approximate surface area is 107 Å². The summed E-state index contributed by atoms with van der Waals surface area (Å²) >= 11 is 5.13. The highest BCUT2D eigenvalue weighted by Gasteiger charge is 2.06. The van der Waals surface area contributed by atoms with Crippen LogP contribution in [0.25, 0.3) is 0 Å². The second-order valence-corrected chi connectivity index (χ2v) is 5.36. The van der Waals surface area contributed by atoms with Crippen molar-refractivity contribution in [1.82, 2.24) is 9.97 Å². The summed E-state index contributed by atoms with van der Waals surface area (Å²) in [5.74, 6) is 0. The Hall–Kier alpha value is -0.780. The normalized spacial score (nSPS) is 12.7. The van der Waals surface area contributed by atoms with E-state index in [4.69, 9.17) is 5.73 Å². The second kappa shape index (κ2) is 5.03. The van der Waals surface area contributed by atoms with Gasteiger partial charge < -0.3 is 10.7 Å². The number of hydrogen-bond donors (Lipinski definition) is 2. The van der Waals surface area contributed by atoms with Gasteiger partial charge in [-0.15, -0.1) is 0 Å². The molecule has 1 aromatic carbocycles. The first-order valence-corrected chi connectivity index (χ1v) is 6.50. The van der Waals surface area contributed by atoms with Crippen LogP contribution in [0.1, 0.15) is 18.5 Å². The summed E-state index contributed by atoms with van der Waals surface area (Å²) in [5.41, 5.74) is 6.94. The maximum Gasteiger partial charge on any atom is 0.170 e. The summed E-state index contributed by atoms with van der Waals surface area (Å²) in [4.78, 5) is 8.35. The molecular weight excluding hydrogens is 286 g/mol. The minimum atomic E-state index is 0.0546. The van der Waals surface area contributed by atoms with Crippen molar-refractivity contribution in [2.75, 3.05) is 0 Å². The number of H-pyrrole nitrogens is 1. The third-order valence-electron chi connectivity index (χ3n) is 2.16. The predicted molar refractivity (Wildman–Crippen MR) is 69.5 cm³/mol. The molecule has 1 heterocycles. The SMILES string of the molecule is C[C@@H](N)c1ccc(Sc2ncc[nH]2)c(Br)c1. The zero-order valence-electron chi connectivity index (χ0n) is 8.77. The molecule has 84 valence electrons. The van der Waals surface area contributed by atoms with Gasteiger partial charge in [0.15, 0.2) is 5.16 Å². The number of rotatable bonds is 3. The summed E-state index contributed by atoms with van der Waals surface area (Å²) in [5, 5.41) is 0.884. The molecule has 0 aliphatic rings. The van der Waals surface area contributed by atoms with E-state index in [1.807, 2.05) is 19.2 Å². The first-order valence-electron chi connectivity index (χ1n) is 4.89. The van der Waals surface area contributed by atoms with Gasteiger partial charge in [-0.1, -0.05) is 17.8 Å². The lowest BCUT2D eigenvalue weighted by atomic mass is 10.1. The molecule has 0 aliphatic carbocycles. The topological polar surface area (TPSA) is 54.7 Å². The van der Waals surface area contributed by atoms with E-state index in [-0.39, 0.29) is 6.04 Å². The Morgan fingerprint density at radius 3 is 2.88 bits per heavy atom. The molecule has 3 nitrogen and oxygen atoms in total. The van der Waals surface area contributed by atoms with Crippen LogP contribution in [-0.2, 0) is 0 Å². The number of aromatic amines is 1. The number of hydrogen-bond acceptors (Lipinski definition) is 3. The van der Waals surface area contributed by atoms with Crippen molar-refractivity contribution in [3.63, 3.8) is 0 Å². The molecule has 0 radical (unpaired) electrons. The highest BCUT2D eigenvalue weighted by atomic mass is 79.9. The van der Waals surface area contributed by atoms with Gasteiger partial charge >= 0.3 is 0 Å². The predicted octanol–water partition coefficient (Wildman–Crippen LogP) is 3.34. The Balaban J connectivity index is 2.23. The Bertz CT molecular complexity index is 468. The van der Waals surface area contributed by atoms with E-state index in [2.05, 4.69) is 38.0 Å². The standard InChI is InChI=1S/C11H12BrN3S/c1-7(13)8-2-3-10(9(12)6-8)16-11-14-4-5-15-11/h2-7H,13H2,1H3,(H,14,15)/t7-/m1/s1. The fraction of sp³-hybridized carbons (Fsp3) is 0.182. The summed E-state index contributed by atoms with van der Waals surface area (Å²) < 4.78 is 1.05. The van der Waals surface area contributed by atoms with Gasteiger partial charge in [-0.05, 0) is 40.5 Å². The fourth-order valence-electron chi connectivity index (χ4n) is 1.29. The van der Waals surface area contributed by atoms with Gasteiger partial charge in [0, 0.05) is 27.8 Å². The van der Waals surface area contributed by atoms with E-state index in [9.17, 15) is 0 Å². The van der Waals surface area contributed by atoms with Crippen LogP contribution < -0.4 is 5.73 Å². The maximum atomic E-state index is 5.82. The molecule has 3 N–H and O–H groups in total. The first-order chi connectivity index (χ1) is 7.66. The molecule has 2 rings (SSSR count). The van der Waals surface area contributed by atoms with Crippen LogP contribution in [0.5, 0.6) is 0 Å². The number of nitrogens with zero attached hydrogens (tertiary/aromatic N) is 1. The molecule has 0 aliphatic heterocycles. The average molecular weight is 298 g/mol. The lowest BCUT2D eigenvalue weighted by Gasteiger charge is -2.08. The molecule has 0 spiro atoms. The smallest absolute Gasteiger partial charge is 0.170 e. The van der Waals surface area contributed by atoms with Crippen molar-refractivity contribution in [3.8, 4) is 0 Å². The molecule has 16 heavy (non-hydrogen) atoms. The van der Waals surface area contributed by atoms with Crippen molar-refractivity contribution >= 4 is 27.7 Å². The lowest BCUT2D eigenvalue weighted by Crippen LogP contribution is -2.04. The van der Waals surface area contributed by atoms with Crippen LogP contribution in [0.15, 0.2) is 45.1 Å². The van der Waals surface area contributed by atoms with Crippen molar-refractivity contribution in [2.45, 2.75) is 23.0 Å². The highest BCUT2D eigenvalue weighted by Crippen LogP contribution is 2.32. The minimum Gasteiger partial charge on any atom is -0.339 e. The largest absolute Gasteiger partial charge is 0.339 e. The van der Waals surface area contributed by atoms with Crippen molar-refractivity contribution in [3.05, 3.63) is 40.6 Å². The van der Waals surface area contributed by atoms with E-state index in [1.165, 1.54) is 0 Å². The molecule has 0 amide bonds. The highest BCUT2D eigenvalue weighted by molar-refractivity contribution is 9.10. The van der Waals surface area contributed by atoms with Gasteiger partial charge in [0.25, 0.3) is 0 Å². The Morgan fingerprint density at radius 2 is 2.31 bits per heavy atom. The van der Waals surface area contributed by atoms with Crippen LogP contribution in [0, 0.1) is 0 Å². The van der Waals surface area contributed by atoms with E-state index < -0.39 is 0 Å². The first kappa shape index (κ1) is 11.7. The molecule has 1 atom stereocenters. The molecule has 0 fully saturated rings. The van der Waals surface area contributed by atoms with E-state index in [1.54, 1.807) is 18.0 Å². The number of nitrogens with two attached hydrogens (primary N) is 1. The number of halogens is 1. The molecule has 0 saturated carbocycles. The van der Waals surface area contributed by atoms with Crippen LogP contribution in [-0.4, -0.2) is 9.97 Å². The zero-order valence-corrected chi connectivity index (χ0v) is 11.2. The van der Waals surface area contributed by atoms with Gasteiger partial charge in [0.05, 0.1) is 0 Å². The third-order valence-corrected chi connectivity index (χ3v) is 4.07. The minimum absolute atomic E-state index is 0.0546. The summed E-state index contributed by atoms with van der Waals surface area (Å²) in [6, 6.07) is 6.20. The summed E-state index contributed by atoms with van der Waals surface area (Å²) in [6.07, 6.45) is 3.55. The molecule has 2 aromatic rings. The Morgan fingerprint density at radius 1 is 1.50 bits per heavy atom. The number of benzene rings is 1. The van der Waals surface area contributed by atoms with Gasteiger partial charge in [-0.3, -0.25) is 0 Å². The van der Waals surface area contributed by atoms with Gasteiger partial charge in [-0.2, -0.15) is 0 Å². The quantitative estimate of drug-likeness (QED) is 0.913. The van der Waals surface area contributed by atoms with E-state index in [0.29, 0.717) is 0 Å². The van der Waals surface area contributed by atoms with Crippen molar-refractivity contribution < 1.29 is 0 Å². The molecule has 5 heteroatoms.